The molecular formula is C21H31F3O3. The van der Waals surface area contributed by atoms with E-state index in [-0.39, 0.29) is 31.1 Å². The number of hydrogen-bond acceptors (Lipinski definition) is 3. The van der Waals surface area contributed by atoms with E-state index in [1.165, 1.54) is 31.4 Å². The van der Waals surface area contributed by atoms with Gasteiger partial charge in [0.15, 0.2) is 11.5 Å². The number of benzene rings is 1. The van der Waals surface area contributed by atoms with Crippen LogP contribution in [0.2, 0.25) is 0 Å². The van der Waals surface area contributed by atoms with E-state index in [1.807, 2.05) is 0 Å². The Morgan fingerprint density at radius 2 is 1.78 bits per heavy atom. The number of halogens is 3. The van der Waals surface area contributed by atoms with E-state index in [1.54, 1.807) is 6.92 Å². The molecule has 6 heteroatoms. The molecule has 0 radical (unpaired) electrons. The van der Waals surface area contributed by atoms with Gasteiger partial charge >= 0.3 is 0 Å². The van der Waals surface area contributed by atoms with Crippen LogP contribution in [-0.4, -0.2) is 32.1 Å². The smallest absolute Gasteiger partial charge is 0.204 e. The van der Waals surface area contributed by atoms with Gasteiger partial charge in [-0.25, -0.2) is 4.39 Å². The molecule has 0 aliphatic carbocycles. The maximum Gasteiger partial charge on any atom is 0.204 e. The molecule has 1 aromatic rings. The van der Waals surface area contributed by atoms with E-state index < -0.39 is 23.9 Å². The maximum atomic E-state index is 14.4. The van der Waals surface area contributed by atoms with Gasteiger partial charge in [-0.3, -0.25) is 0 Å². The van der Waals surface area contributed by atoms with Gasteiger partial charge in [-0.05, 0) is 44.2 Å². The fourth-order valence-electron chi connectivity index (χ4n) is 3.38. The lowest BCUT2D eigenvalue weighted by molar-refractivity contribution is -0.0617. The summed E-state index contributed by atoms with van der Waals surface area (Å²) in [4.78, 5) is 0. The zero-order valence-electron chi connectivity index (χ0n) is 16.3. The van der Waals surface area contributed by atoms with Gasteiger partial charge < -0.3 is 14.2 Å². The molecule has 0 amide bonds. The first-order valence-electron chi connectivity index (χ1n) is 10.1. The van der Waals surface area contributed by atoms with Crippen LogP contribution in [0.25, 0.3) is 0 Å². The Morgan fingerprint density at radius 3 is 2.37 bits per heavy atom. The zero-order valence-corrected chi connectivity index (χ0v) is 16.3. The van der Waals surface area contributed by atoms with Crippen molar-refractivity contribution in [2.45, 2.75) is 71.1 Å². The van der Waals surface area contributed by atoms with Gasteiger partial charge in [-0.1, -0.05) is 26.2 Å². The van der Waals surface area contributed by atoms with Crippen LogP contribution in [0, 0.1) is 17.6 Å². The molecule has 0 spiro atoms. The fourth-order valence-corrected chi connectivity index (χ4v) is 3.38. The Balaban J connectivity index is 1.72. The molecule has 154 valence electrons. The highest BCUT2D eigenvalue weighted by Crippen LogP contribution is 2.29. The average Bonchev–Trinajstić information content (AvgIpc) is 2.68. The quantitative estimate of drug-likeness (QED) is 0.445. The highest BCUT2D eigenvalue weighted by atomic mass is 19.2. The molecular weight excluding hydrogens is 357 g/mol. The standard InChI is InChI=1S/C21H31F3O3/c1-3-5-6-7-15-8-9-17(27-14-15)16(22)12-13-26-19-11-10-18(25-4-2)20(23)21(19)24/h10-11,15-17H,3-9,12-14H2,1-2H3. The molecule has 1 aromatic carbocycles. The van der Waals surface area contributed by atoms with Crippen molar-refractivity contribution in [2.75, 3.05) is 19.8 Å². The van der Waals surface area contributed by atoms with Crippen LogP contribution in [0.1, 0.15) is 58.8 Å². The van der Waals surface area contributed by atoms with Crippen LogP contribution in [0.5, 0.6) is 11.5 Å². The Hall–Kier alpha value is -1.43. The molecule has 27 heavy (non-hydrogen) atoms. The van der Waals surface area contributed by atoms with Crippen molar-refractivity contribution >= 4 is 0 Å². The van der Waals surface area contributed by atoms with Crippen molar-refractivity contribution in [1.82, 2.24) is 0 Å². The van der Waals surface area contributed by atoms with Crippen molar-refractivity contribution < 1.29 is 27.4 Å². The second-order valence-electron chi connectivity index (χ2n) is 7.09. The SMILES string of the molecule is CCCCCC1CCC(C(F)CCOc2ccc(OCC)c(F)c2F)OC1. The Morgan fingerprint density at radius 1 is 1.07 bits per heavy atom. The second kappa shape index (κ2) is 11.4. The second-order valence-corrected chi connectivity index (χ2v) is 7.09. The van der Waals surface area contributed by atoms with E-state index >= 15 is 0 Å². The van der Waals surface area contributed by atoms with Gasteiger partial charge in [0, 0.05) is 13.0 Å². The molecule has 1 aliphatic rings. The maximum absolute atomic E-state index is 14.4. The van der Waals surface area contributed by atoms with Crippen LogP contribution < -0.4 is 9.47 Å². The predicted molar refractivity (Wildman–Crippen MR) is 99.1 cm³/mol. The third-order valence-electron chi connectivity index (χ3n) is 4.99. The summed E-state index contributed by atoms with van der Waals surface area (Å²) < 4.78 is 58.0. The Bertz CT molecular complexity index is 560. The molecule has 3 unspecified atom stereocenters. The van der Waals surface area contributed by atoms with Gasteiger partial charge in [0.2, 0.25) is 11.6 Å². The summed E-state index contributed by atoms with van der Waals surface area (Å²) in [7, 11) is 0. The van der Waals surface area contributed by atoms with Crippen molar-refractivity contribution in [2.24, 2.45) is 5.92 Å². The normalized spacial score (nSPS) is 21.1. The molecule has 0 bridgehead atoms. The van der Waals surface area contributed by atoms with Gasteiger partial charge in [0.1, 0.15) is 6.17 Å². The first-order valence-corrected chi connectivity index (χ1v) is 10.1. The lowest BCUT2D eigenvalue weighted by Crippen LogP contribution is -2.34. The molecule has 1 fully saturated rings. The summed E-state index contributed by atoms with van der Waals surface area (Å²) in [5, 5.41) is 0. The molecule has 1 heterocycles. The average molecular weight is 388 g/mol. The summed E-state index contributed by atoms with van der Waals surface area (Å²) in [6, 6.07) is 2.61. The van der Waals surface area contributed by atoms with E-state index in [4.69, 9.17) is 14.2 Å². The van der Waals surface area contributed by atoms with Gasteiger partial charge in [0.05, 0.1) is 19.3 Å². The van der Waals surface area contributed by atoms with Crippen LogP contribution in [-0.2, 0) is 4.74 Å². The predicted octanol–water partition coefficient (Wildman–Crippen LogP) is 5.85. The Kier molecular flexibility index (Phi) is 9.25. The molecule has 0 N–H and O–H groups in total. The summed E-state index contributed by atoms with van der Waals surface area (Å²) in [6.07, 6.45) is 4.93. The van der Waals surface area contributed by atoms with Crippen molar-refractivity contribution in [3.05, 3.63) is 23.8 Å². The van der Waals surface area contributed by atoms with E-state index in [9.17, 15) is 13.2 Å². The van der Waals surface area contributed by atoms with Crippen molar-refractivity contribution in [1.29, 1.82) is 0 Å². The first kappa shape index (κ1) is 21.9. The van der Waals surface area contributed by atoms with E-state index in [2.05, 4.69) is 6.92 Å². The monoisotopic (exact) mass is 388 g/mol. The molecule has 0 aromatic heterocycles. The van der Waals surface area contributed by atoms with E-state index in [0.29, 0.717) is 18.9 Å². The third-order valence-corrected chi connectivity index (χ3v) is 4.99. The zero-order chi connectivity index (χ0) is 19.6. The highest BCUT2D eigenvalue weighted by molar-refractivity contribution is 5.35. The van der Waals surface area contributed by atoms with E-state index in [0.717, 1.165) is 12.8 Å². The number of ether oxygens (including phenoxy) is 3. The lowest BCUT2D eigenvalue weighted by atomic mass is 9.91. The molecule has 1 aliphatic heterocycles. The summed E-state index contributed by atoms with van der Waals surface area (Å²) in [5.41, 5.74) is 0. The van der Waals surface area contributed by atoms with Crippen molar-refractivity contribution in [3.63, 3.8) is 0 Å². The molecule has 2 rings (SSSR count). The number of rotatable bonds is 11. The van der Waals surface area contributed by atoms with Crippen LogP contribution in [0.15, 0.2) is 12.1 Å². The molecule has 3 nitrogen and oxygen atoms in total. The van der Waals surface area contributed by atoms with Gasteiger partial charge in [-0.2, -0.15) is 8.78 Å². The molecule has 3 atom stereocenters. The molecule has 0 saturated carbocycles. The number of alkyl halides is 1. The van der Waals surface area contributed by atoms with Crippen LogP contribution in [0.4, 0.5) is 13.2 Å². The number of unbranched alkanes of at least 4 members (excludes halogenated alkanes) is 2. The minimum absolute atomic E-state index is 0.0364. The largest absolute Gasteiger partial charge is 0.491 e. The Labute approximate surface area is 160 Å². The first-order chi connectivity index (χ1) is 13.1. The highest BCUT2D eigenvalue weighted by Gasteiger charge is 2.28. The topological polar surface area (TPSA) is 27.7 Å². The minimum atomic E-state index is -1.17. The van der Waals surface area contributed by atoms with Crippen molar-refractivity contribution in [3.8, 4) is 11.5 Å². The van der Waals surface area contributed by atoms with Crippen LogP contribution >= 0.6 is 0 Å². The van der Waals surface area contributed by atoms with Gasteiger partial charge in [-0.15, -0.1) is 0 Å². The minimum Gasteiger partial charge on any atom is -0.491 e. The summed E-state index contributed by atoms with van der Waals surface area (Å²) in [5.74, 6) is -2.06. The molecule has 1 saturated heterocycles. The summed E-state index contributed by atoms with van der Waals surface area (Å²) >= 11 is 0. The number of hydrogen-bond donors (Lipinski definition) is 0. The lowest BCUT2D eigenvalue weighted by Gasteiger charge is -2.31. The van der Waals surface area contributed by atoms with Gasteiger partial charge in [0.25, 0.3) is 0 Å². The third kappa shape index (κ3) is 6.59. The van der Waals surface area contributed by atoms with Crippen LogP contribution in [0.3, 0.4) is 0 Å². The summed E-state index contributed by atoms with van der Waals surface area (Å²) in [6.45, 7) is 4.67. The fraction of sp³-hybridized carbons (Fsp3) is 0.714.